The molecule has 0 fully saturated rings. The Morgan fingerprint density at radius 1 is 1.39 bits per heavy atom. The molecule has 0 spiro atoms. The third-order valence-electron chi connectivity index (χ3n) is 2.25. The van der Waals surface area contributed by atoms with Gasteiger partial charge in [0.1, 0.15) is 12.1 Å². The summed E-state index contributed by atoms with van der Waals surface area (Å²) in [5.41, 5.74) is 0.953. The van der Waals surface area contributed by atoms with E-state index in [-0.39, 0.29) is 5.69 Å². The van der Waals surface area contributed by atoms with Crippen molar-refractivity contribution >= 4 is 23.4 Å². The lowest BCUT2D eigenvalue weighted by Gasteiger charge is -2.07. The van der Waals surface area contributed by atoms with Crippen molar-refractivity contribution in [1.29, 1.82) is 5.41 Å². The first kappa shape index (κ1) is 11.6. The molecule has 0 aliphatic carbocycles. The highest BCUT2D eigenvalue weighted by Crippen LogP contribution is 2.23. The standard InChI is InChI=1S/C11H9N5O2/c12-6-8-1-2-9(16(17)18)5-10(8)15-11-3-4-13-7-14-11/h1-7,12H,(H,13,14,15). The number of rotatable bonds is 4. The van der Waals surface area contributed by atoms with Crippen molar-refractivity contribution in [2.24, 2.45) is 0 Å². The SMILES string of the molecule is N=Cc1ccc([N+](=O)[O-])cc1Nc1ccncn1. The first-order valence-corrected chi connectivity index (χ1v) is 5.02. The van der Waals surface area contributed by atoms with Crippen molar-refractivity contribution < 1.29 is 4.92 Å². The van der Waals surface area contributed by atoms with Crippen LogP contribution in [0.2, 0.25) is 0 Å². The van der Waals surface area contributed by atoms with Crippen LogP contribution in [0.25, 0.3) is 0 Å². The maximum atomic E-state index is 10.7. The minimum atomic E-state index is -0.487. The van der Waals surface area contributed by atoms with Gasteiger partial charge in [0.05, 0.1) is 10.6 Å². The van der Waals surface area contributed by atoms with E-state index in [1.165, 1.54) is 24.5 Å². The van der Waals surface area contributed by atoms with Gasteiger partial charge in [0, 0.05) is 30.1 Å². The average molecular weight is 243 g/mol. The molecule has 0 bridgehead atoms. The van der Waals surface area contributed by atoms with Gasteiger partial charge in [0.15, 0.2) is 0 Å². The molecule has 1 heterocycles. The van der Waals surface area contributed by atoms with Crippen molar-refractivity contribution in [2.75, 3.05) is 5.32 Å². The average Bonchev–Trinajstić information content (AvgIpc) is 2.39. The summed E-state index contributed by atoms with van der Waals surface area (Å²) in [5.74, 6) is 0.508. The lowest BCUT2D eigenvalue weighted by atomic mass is 10.1. The topological polar surface area (TPSA) is 105 Å². The van der Waals surface area contributed by atoms with Crippen molar-refractivity contribution in [3.63, 3.8) is 0 Å². The zero-order valence-corrected chi connectivity index (χ0v) is 9.20. The first-order valence-electron chi connectivity index (χ1n) is 5.02. The Morgan fingerprint density at radius 3 is 2.83 bits per heavy atom. The Morgan fingerprint density at radius 2 is 2.22 bits per heavy atom. The number of aromatic nitrogens is 2. The minimum Gasteiger partial charge on any atom is -0.339 e. The molecule has 0 unspecified atom stereocenters. The summed E-state index contributed by atoms with van der Waals surface area (Å²) in [4.78, 5) is 17.9. The molecule has 0 amide bonds. The third kappa shape index (κ3) is 2.46. The summed E-state index contributed by atoms with van der Waals surface area (Å²) in [7, 11) is 0. The second-order valence-corrected chi connectivity index (χ2v) is 3.39. The van der Waals surface area contributed by atoms with E-state index in [1.54, 1.807) is 12.3 Å². The van der Waals surface area contributed by atoms with Crippen LogP contribution in [0.1, 0.15) is 5.56 Å². The van der Waals surface area contributed by atoms with E-state index >= 15 is 0 Å². The summed E-state index contributed by atoms with van der Waals surface area (Å²) in [6.07, 6.45) is 4.04. The number of hydrogen-bond acceptors (Lipinski definition) is 6. The van der Waals surface area contributed by atoms with Crippen molar-refractivity contribution in [3.05, 3.63) is 52.5 Å². The molecule has 1 aromatic heterocycles. The van der Waals surface area contributed by atoms with Gasteiger partial charge < -0.3 is 10.7 Å². The fourth-order valence-electron chi connectivity index (χ4n) is 1.39. The largest absolute Gasteiger partial charge is 0.339 e. The number of nitro groups is 1. The van der Waals surface area contributed by atoms with Crippen LogP contribution in [-0.2, 0) is 0 Å². The van der Waals surface area contributed by atoms with Crippen LogP contribution < -0.4 is 5.32 Å². The summed E-state index contributed by atoms with van der Waals surface area (Å²) < 4.78 is 0. The van der Waals surface area contributed by atoms with Crippen LogP contribution in [0.15, 0.2) is 36.8 Å². The van der Waals surface area contributed by atoms with Gasteiger partial charge in [0.2, 0.25) is 0 Å². The van der Waals surface area contributed by atoms with Crippen LogP contribution in [0.4, 0.5) is 17.2 Å². The summed E-state index contributed by atoms with van der Waals surface area (Å²) in [6.45, 7) is 0. The Balaban J connectivity index is 2.38. The second-order valence-electron chi connectivity index (χ2n) is 3.39. The molecule has 0 saturated heterocycles. The van der Waals surface area contributed by atoms with Crippen LogP contribution in [0, 0.1) is 15.5 Å². The van der Waals surface area contributed by atoms with E-state index in [4.69, 9.17) is 5.41 Å². The molecule has 0 atom stereocenters. The first-order chi connectivity index (χ1) is 8.70. The molecule has 18 heavy (non-hydrogen) atoms. The highest BCUT2D eigenvalue weighted by molar-refractivity contribution is 5.88. The van der Waals surface area contributed by atoms with Crippen LogP contribution in [-0.4, -0.2) is 21.1 Å². The molecule has 2 aromatic rings. The number of anilines is 2. The van der Waals surface area contributed by atoms with Gasteiger partial charge in [0.25, 0.3) is 5.69 Å². The second kappa shape index (κ2) is 5.00. The van der Waals surface area contributed by atoms with Crippen molar-refractivity contribution in [1.82, 2.24) is 9.97 Å². The van der Waals surface area contributed by atoms with E-state index in [0.29, 0.717) is 17.1 Å². The maximum absolute atomic E-state index is 10.7. The maximum Gasteiger partial charge on any atom is 0.271 e. The molecule has 7 heteroatoms. The normalized spacial score (nSPS) is 9.78. The quantitative estimate of drug-likeness (QED) is 0.486. The Bertz CT molecular complexity index is 585. The van der Waals surface area contributed by atoms with E-state index in [1.807, 2.05) is 0 Å². The molecule has 0 saturated carbocycles. The Kier molecular flexibility index (Phi) is 3.24. The van der Waals surface area contributed by atoms with E-state index in [9.17, 15) is 10.1 Å². The molecule has 90 valence electrons. The van der Waals surface area contributed by atoms with Crippen molar-refractivity contribution in [3.8, 4) is 0 Å². The van der Waals surface area contributed by atoms with Crippen LogP contribution >= 0.6 is 0 Å². The number of nitrogens with one attached hydrogen (secondary N) is 2. The van der Waals surface area contributed by atoms with Gasteiger partial charge in [-0.2, -0.15) is 0 Å². The number of hydrogen-bond donors (Lipinski definition) is 2. The zero-order chi connectivity index (χ0) is 13.0. The van der Waals surface area contributed by atoms with Crippen LogP contribution in [0.5, 0.6) is 0 Å². The number of benzene rings is 1. The molecular weight excluding hydrogens is 234 g/mol. The van der Waals surface area contributed by atoms with Gasteiger partial charge >= 0.3 is 0 Å². The molecule has 7 nitrogen and oxygen atoms in total. The van der Waals surface area contributed by atoms with Crippen molar-refractivity contribution in [2.45, 2.75) is 0 Å². The lowest BCUT2D eigenvalue weighted by molar-refractivity contribution is -0.384. The summed E-state index contributed by atoms with van der Waals surface area (Å²) >= 11 is 0. The number of nitrogens with zero attached hydrogens (tertiary/aromatic N) is 3. The highest BCUT2D eigenvalue weighted by Gasteiger charge is 2.10. The molecule has 1 aromatic carbocycles. The lowest BCUT2D eigenvalue weighted by Crippen LogP contribution is -1.99. The van der Waals surface area contributed by atoms with E-state index in [2.05, 4.69) is 15.3 Å². The smallest absolute Gasteiger partial charge is 0.271 e. The molecule has 0 aliphatic rings. The Labute approximate surface area is 102 Å². The van der Waals surface area contributed by atoms with E-state index < -0.39 is 4.92 Å². The molecule has 2 rings (SSSR count). The monoisotopic (exact) mass is 243 g/mol. The molecule has 0 radical (unpaired) electrons. The zero-order valence-electron chi connectivity index (χ0n) is 9.20. The third-order valence-corrected chi connectivity index (χ3v) is 2.25. The predicted molar refractivity (Wildman–Crippen MR) is 66.3 cm³/mol. The molecule has 2 N–H and O–H groups in total. The molecule has 0 aliphatic heterocycles. The fraction of sp³-hybridized carbons (Fsp3) is 0. The number of non-ortho nitro benzene ring substituents is 1. The van der Waals surface area contributed by atoms with Crippen LogP contribution in [0.3, 0.4) is 0 Å². The molecular formula is C11H9N5O2. The van der Waals surface area contributed by atoms with Gasteiger partial charge in [-0.1, -0.05) is 0 Å². The summed E-state index contributed by atoms with van der Waals surface area (Å²) in [5, 5.41) is 20.9. The fourth-order valence-corrected chi connectivity index (χ4v) is 1.39. The summed E-state index contributed by atoms with van der Waals surface area (Å²) in [6, 6.07) is 5.86. The minimum absolute atomic E-state index is 0.0443. The number of nitro benzene ring substituents is 1. The van der Waals surface area contributed by atoms with Gasteiger partial charge in [-0.3, -0.25) is 10.1 Å². The van der Waals surface area contributed by atoms with Gasteiger partial charge in [-0.15, -0.1) is 0 Å². The Hall–Kier alpha value is -2.83. The highest BCUT2D eigenvalue weighted by atomic mass is 16.6. The predicted octanol–water partition coefficient (Wildman–Crippen LogP) is 2.13. The van der Waals surface area contributed by atoms with E-state index in [0.717, 1.165) is 6.21 Å². The van der Waals surface area contributed by atoms with Gasteiger partial charge in [-0.05, 0) is 12.1 Å². The van der Waals surface area contributed by atoms with Gasteiger partial charge in [-0.25, -0.2) is 9.97 Å².